The smallest absolute Gasteiger partial charge is 0.305 e. The normalized spacial score (nSPS) is 48.4. The maximum atomic E-state index is 17.1. The van der Waals surface area contributed by atoms with Gasteiger partial charge in [-0.15, -0.1) is 0 Å². The zero-order chi connectivity index (χ0) is 24.6. The van der Waals surface area contributed by atoms with Crippen LogP contribution >= 0.6 is 0 Å². The fourth-order valence-corrected chi connectivity index (χ4v) is 7.49. The van der Waals surface area contributed by atoms with Crippen LogP contribution in [0, 0.1) is 28.6 Å². The molecular formula is C25H32F2O6. The molecule has 0 unspecified atom stereocenters. The summed E-state index contributed by atoms with van der Waals surface area (Å²) in [6.07, 6.45) is 0.362. The third-order valence-corrected chi connectivity index (χ3v) is 9.29. The van der Waals surface area contributed by atoms with Gasteiger partial charge in [0.15, 0.2) is 18.1 Å². The van der Waals surface area contributed by atoms with E-state index in [-0.39, 0.29) is 31.3 Å². The second-order valence-electron chi connectivity index (χ2n) is 10.7. The van der Waals surface area contributed by atoms with Gasteiger partial charge in [-0.1, -0.05) is 26.8 Å². The molecule has 0 saturated heterocycles. The van der Waals surface area contributed by atoms with Crippen molar-refractivity contribution in [1.82, 2.24) is 0 Å². The van der Waals surface area contributed by atoms with Gasteiger partial charge >= 0.3 is 5.97 Å². The topological polar surface area (TPSA) is 101 Å². The predicted octanol–water partition coefficient (Wildman–Crippen LogP) is 2.80. The third kappa shape index (κ3) is 2.92. The molecule has 3 fully saturated rings. The number of fused-ring (bicyclic) bond motifs is 5. The largest absolute Gasteiger partial charge is 0.458 e. The molecule has 0 amide bonds. The lowest BCUT2D eigenvalue weighted by Gasteiger charge is -2.63. The number of esters is 1. The van der Waals surface area contributed by atoms with E-state index in [1.807, 2.05) is 0 Å². The Kier molecular flexibility index (Phi) is 5.53. The van der Waals surface area contributed by atoms with Crippen LogP contribution in [0.1, 0.15) is 53.4 Å². The molecule has 0 aliphatic heterocycles. The molecule has 4 aliphatic carbocycles. The zero-order valence-corrected chi connectivity index (χ0v) is 19.4. The first-order valence-electron chi connectivity index (χ1n) is 11.6. The van der Waals surface area contributed by atoms with Crippen LogP contribution < -0.4 is 0 Å². The number of hydrogen-bond donors (Lipinski definition) is 2. The molecule has 3 saturated carbocycles. The van der Waals surface area contributed by atoms with Crippen LogP contribution in [0.15, 0.2) is 23.8 Å². The summed E-state index contributed by atoms with van der Waals surface area (Å²) in [5.74, 6) is -3.88. The highest BCUT2D eigenvalue weighted by Gasteiger charge is 2.76. The number of carbonyl (C=O) groups is 3. The lowest BCUT2D eigenvalue weighted by Crippen LogP contribution is -2.70. The molecular weight excluding hydrogens is 434 g/mol. The Morgan fingerprint density at radius 1 is 1.24 bits per heavy atom. The van der Waals surface area contributed by atoms with Gasteiger partial charge in [0.1, 0.15) is 11.8 Å². The summed E-state index contributed by atoms with van der Waals surface area (Å²) in [5.41, 5.74) is -6.97. The number of aliphatic hydroxyl groups is 2. The molecule has 0 radical (unpaired) electrons. The molecule has 4 aliphatic rings. The Morgan fingerprint density at radius 2 is 1.91 bits per heavy atom. The number of ether oxygens (including phenoxy) is 1. The maximum Gasteiger partial charge on any atom is 0.305 e. The molecule has 0 heterocycles. The van der Waals surface area contributed by atoms with E-state index in [1.54, 1.807) is 20.8 Å². The first-order chi connectivity index (χ1) is 15.3. The van der Waals surface area contributed by atoms with E-state index < -0.39 is 76.3 Å². The quantitative estimate of drug-likeness (QED) is 0.618. The Labute approximate surface area is 192 Å². The van der Waals surface area contributed by atoms with Crippen molar-refractivity contribution in [2.75, 3.05) is 6.61 Å². The summed E-state index contributed by atoms with van der Waals surface area (Å²) in [4.78, 5) is 36.6. The van der Waals surface area contributed by atoms with Crippen molar-refractivity contribution in [2.45, 2.75) is 76.9 Å². The molecule has 182 valence electrons. The average molecular weight is 467 g/mol. The number of rotatable bonds is 4. The third-order valence-electron chi connectivity index (χ3n) is 9.29. The van der Waals surface area contributed by atoms with E-state index in [4.69, 9.17) is 4.74 Å². The molecule has 2 N–H and O–H groups in total. The van der Waals surface area contributed by atoms with Gasteiger partial charge in [-0.2, -0.15) is 0 Å². The number of Topliss-reactive ketones (excluding diaryl/α,β-unsaturated/α-hetero) is 1. The number of aliphatic hydroxyl groups excluding tert-OH is 1. The van der Waals surface area contributed by atoms with Gasteiger partial charge in [-0.25, -0.2) is 8.78 Å². The number of allylic oxidation sites excluding steroid dienone is 4. The second-order valence-corrected chi connectivity index (χ2v) is 10.7. The molecule has 6 nitrogen and oxygen atoms in total. The van der Waals surface area contributed by atoms with Gasteiger partial charge in [-0.3, -0.25) is 14.4 Å². The fraction of sp³-hybridized carbons (Fsp3) is 0.720. The summed E-state index contributed by atoms with van der Waals surface area (Å²) in [6.45, 7) is 5.80. The van der Waals surface area contributed by atoms with Crippen LogP contribution in [-0.4, -0.2) is 57.9 Å². The molecule has 4 rings (SSSR count). The molecule has 0 bridgehead atoms. The van der Waals surface area contributed by atoms with Crippen molar-refractivity contribution in [3.63, 3.8) is 0 Å². The number of carbonyl (C=O) groups excluding carboxylic acids is 3. The van der Waals surface area contributed by atoms with Gasteiger partial charge in [-0.05, 0) is 55.7 Å². The van der Waals surface area contributed by atoms with Crippen molar-refractivity contribution in [2.24, 2.45) is 28.6 Å². The minimum Gasteiger partial charge on any atom is -0.458 e. The Bertz CT molecular complexity index is 961. The monoisotopic (exact) mass is 466 g/mol. The first kappa shape index (κ1) is 24.2. The standard InChI is InChI=1S/C25H32F2O6/c1-5-21(31)33-12-20(30)25(32)13(2)8-15-16-10-18(26)17-9-14(28)6-7-22(17,3)24(16,27)19(29)11-23(15,25)4/h6-7,9,13,15-16,18-19,29,32H,5,8,10-12H2,1-4H3/t13-,15+,16+,18+,19+,22+,23+,24+,25+/m1/s1. The molecule has 0 aromatic rings. The van der Waals surface area contributed by atoms with Crippen LogP contribution in [0.25, 0.3) is 0 Å². The Hall–Kier alpha value is -1.93. The summed E-state index contributed by atoms with van der Waals surface area (Å²) < 4.78 is 37.4. The minimum absolute atomic E-state index is 0.0280. The van der Waals surface area contributed by atoms with E-state index in [9.17, 15) is 24.6 Å². The molecule has 0 aromatic carbocycles. The van der Waals surface area contributed by atoms with E-state index in [2.05, 4.69) is 0 Å². The molecule has 9 atom stereocenters. The van der Waals surface area contributed by atoms with E-state index in [0.717, 1.165) is 6.08 Å². The molecule has 33 heavy (non-hydrogen) atoms. The first-order valence-corrected chi connectivity index (χ1v) is 11.6. The molecule has 8 heteroatoms. The van der Waals surface area contributed by atoms with Crippen molar-refractivity contribution in [3.05, 3.63) is 23.8 Å². The van der Waals surface area contributed by atoms with Gasteiger partial charge in [0.2, 0.25) is 5.78 Å². The second kappa shape index (κ2) is 7.54. The SMILES string of the molecule is CCC(=O)OCC(=O)[C@@]1(O)[C@H](C)C[C@H]2[C@@H]3C[C@H](F)C4=CC(=O)C=C[C@]4(C)[C@@]3(F)[C@@H](O)C[C@@]21C. The van der Waals surface area contributed by atoms with Gasteiger partial charge in [0, 0.05) is 23.2 Å². The van der Waals surface area contributed by atoms with Crippen molar-refractivity contribution in [1.29, 1.82) is 0 Å². The van der Waals surface area contributed by atoms with Crippen LogP contribution in [0.2, 0.25) is 0 Å². The number of ketones is 2. The lowest BCUT2D eigenvalue weighted by molar-refractivity contribution is -0.224. The molecule has 0 aromatic heterocycles. The predicted molar refractivity (Wildman–Crippen MR) is 114 cm³/mol. The maximum absolute atomic E-state index is 17.1. The van der Waals surface area contributed by atoms with Crippen molar-refractivity contribution >= 4 is 17.5 Å². The lowest BCUT2D eigenvalue weighted by atomic mass is 9.44. The van der Waals surface area contributed by atoms with Crippen molar-refractivity contribution < 1.29 is 38.1 Å². The number of hydrogen-bond acceptors (Lipinski definition) is 6. The van der Waals surface area contributed by atoms with Crippen LogP contribution in [0.5, 0.6) is 0 Å². The van der Waals surface area contributed by atoms with Gasteiger partial charge in [0.05, 0.1) is 6.10 Å². The zero-order valence-electron chi connectivity index (χ0n) is 19.4. The summed E-state index contributed by atoms with van der Waals surface area (Å²) in [7, 11) is 0. The van der Waals surface area contributed by atoms with Crippen LogP contribution in [-0.2, 0) is 19.1 Å². The van der Waals surface area contributed by atoms with E-state index in [0.29, 0.717) is 0 Å². The number of alkyl halides is 2. The summed E-state index contributed by atoms with van der Waals surface area (Å²) >= 11 is 0. The minimum atomic E-state index is -2.27. The Morgan fingerprint density at radius 3 is 2.55 bits per heavy atom. The van der Waals surface area contributed by atoms with Crippen molar-refractivity contribution in [3.8, 4) is 0 Å². The highest BCUT2D eigenvalue weighted by Crippen LogP contribution is 2.70. The van der Waals surface area contributed by atoms with Gasteiger partial charge < -0.3 is 14.9 Å². The fourth-order valence-electron chi connectivity index (χ4n) is 7.49. The summed E-state index contributed by atoms with van der Waals surface area (Å²) in [6, 6.07) is 0. The molecule has 0 spiro atoms. The van der Waals surface area contributed by atoms with E-state index >= 15 is 8.78 Å². The highest BCUT2D eigenvalue weighted by atomic mass is 19.1. The summed E-state index contributed by atoms with van der Waals surface area (Å²) in [5, 5.41) is 23.0. The van der Waals surface area contributed by atoms with E-state index in [1.165, 1.54) is 19.1 Å². The van der Waals surface area contributed by atoms with Crippen LogP contribution in [0.4, 0.5) is 8.78 Å². The number of halogens is 2. The highest BCUT2D eigenvalue weighted by molar-refractivity contribution is 6.01. The van der Waals surface area contributed by atoms with Gasteiger partial charge in [0.25, 0.3) is 0 Å². The van der Waals surface area contributed by atoms with Crippen LogP contribution in [0.3, 0.4) is 0 Å². The average Bonchev–Trinajstić information content (AvgIpc) is 2.96. The Balaban J connectivity index is 1.76.